The van der Waals surface area contributed by atoms with Crippen LogP contribution in [0.15, 0.2) is 54.6 Å². The number of ketones is 1. The number of nitrogens with one attached hydrogen (secondary N) is 1. The van der Waals surface area contributed by atoms with Gasteiger partial charge in [0.1, 0.15) is 17.4 Å². The third kappa shape index (κ3) is 3.09. The average Bonchev–Trinajstić information content (AvgIpc) is 2.59. The smallest absolute Gasteiger partial charge is 0.190 e. The van der Waals surface area contributed by atoms with E-state index in [9.17, 15) is 4.79 Å². The zero-order chi connectivity index (χ0) is 17.2. The Balaban J connectivity index is 1.99. The Morgan fingerprint density at radius 1 is 1.08 bits per heavy atom. The molecule has 1 aliphatic rings. The first-order valence-corrected chi connectivity index (χ1v) is 8.63. The molecule has 1 aliphatic heterocycles. The van der Waals surface area contributed by atoms with Crippen LogP contribution in [0.5, 0.6) is 5.75 Å². The molecule has 126 valence electrons. The van der Waals surface area contributed by atoms with Crippen molar-refractivity contribution in [1.82, 2.24) is 5.32 Å². The fourth-order valence-corrected chi connectivity index (χ4v) is 3.22. The van der Waals surface area contributed by atoms with Crippen LogP contribution in [0, 0.1) is 5.92 Å². The highest BCUT2D eigenvalue weighted by molar-refractivity contribution is 6.06. The molecule has 0 aliphatic carbocycles. The summed E-state index contributed by atoms with van der Waals surface area (Å²) < 4.78 is 6.28. The van der Waals surface area contributed by atoms with Crippen molar-refractivity contribution in [3.05, 3.63) is 65.7 Å². The minimum absolute atomic E-state index is 0.0990. The number of carbonyl (C=O) groups excluding carboxylic acids is 1. The second-order valence-electron chi connectivity index (χ2n) is 7.05. The quantitative estimate of drug-likeness (QED) is 0.886. The maximum absolute atomic E-state index is 13.3. The van der Waals surface area contributed by atoms with Crippen LogP contribution in [-0.2, 0) is 0 Å². The van der Waals surface area contributed by atoms with Gasteiger partial charge in [0.2, 0.25) is 0 Å². The summed E-state index contributed by atoms with van der Waals surface area (Å²) >= 11 is 0. The molecule has 0 saturated carbocycles. The first kappa shape index (κ1) is 16.7. The van der Waals surface area contributed by atoms with Crippen molar-refractivity contribution >= 4 is 5.78 Å². The minimum atomic E-state index is -0.773. The molecular weight excluding hydrogens is 298 g/mol. The Kier molecular flexibility index (Phi) is 4.72. The number of carbonyl (C=O) groups is 1. The highest BCUT2D eigenvalue weighted by Crippen LogP contribution is 2.41. The summed E-state index contributed by atoms with van der Waals surface area (Å²) in [5, 5.41) is 3.49. The molecule has 0 spiro atoms. The van der Waals surface area contributed by atoms with Gasteiger partial charge in [0.05, 0.1) is 5.56 Å². The molecule has 0 amide bonds. The van der Waals surface area contributed by atoms with Gasteiger partial charge in [-0.2, -0.15) is 0 Å². The first-order chi connectivity index (χ1) is 11.5. The van der Waals surface area contributed by atoms with Gasteiger partial charge in [-0.15, -0.1) is 0 Å². The maximum atomic E-state index is 13.3. The molecule has 2 atom stereocenters. The lowest BCUT2D eigenvalue weighted by atomic mass is 9.79. The molecule has 0 aromatic heterocycles. The monoisotopic (exact) mass is 323 g/mol. The van der Waals surface area contributed by atoms with Gasteiger partial charge in [-0.25, -0.2) is 0 Å². The molecule has 0 unspecified atom stereocenters. The minimum Gasteiger partial charge on any atom is -0.483 e. The van der Waals surface area contributed by atoms with Gasteiger partial charge in [0.25, 0.3) is 0 Å². The van der Waals surface area contributed by atoms with E-state index in [0.717, 1.165) is 18.5 Å². The molecule has 2 aromatic rings. The topological polar surface area (TPSA) is 38.3 Å². The summed E-state index contributed by atoms with van der Waals surface area (Å²) in [5.74, 6) is 1.35. The lowest BCUT2D eigenvalue weighted by Crippen LogP contribution is -2.58. The van der Waals surface area contributed by atoms with Crippen molar-refractivity contribution in [1.29, 1.82) is 0 Å². The van der Waals surface area contributed by atoms with E-state index in [0.29, 0.717) is 17.2 Å². The van der Waals surface area contributed by atoms with Gasteiger partial charge in [-0.1, -0.05) is 56.3 Å². The van der Waals surface area contributed by atoms with E-state index < -0.39 is 5.54 Å². The number of para-hydroxylation sites is 1. The number of rotatable bonds is 5. The summed E-state index contributed by atoms with van der Waals surface area (Å²) in [6, 6.07) is 17.5. The van der Waals surface area contributed by atoms with E-state index in [1.165, 1.54) is 0 Å². The molecule has 0 fully saturated rings. The van der Waals surface area contributed by atoms with Crippen LogP contribution in [-0.4, -0.2) is 17.9 Å². The number of ether oxygens (including phenoxy) is 1. The van der Waals surface area contributed by atoms with Crippen LogP contribution >= 0.6 is 0 Å². The molecule has 0 saturated heterocycles. The van der Waals surface area contributed by atoms with Crippen molar-refractivity contribution in [2.45, 2.75) is 38.8 Å². The third-order valence-electron chi connectivity index (χ3n) is 4.69. The fraction of sp³-hybridized carbons (Fsp3) is 0.381. The summed E-state index contributed by atoms with van der Waals surface area (Å²) in [5.41, 5.74) is 0.897. The molecule has 24 heavy (non-hydrogen) atoms. The predicted octanol–water partition coefficient (Wildman–Crippen LogP) is 4.40. The number of fused-ring (bicyclic) bond motifs is 1. The van der Waals surface area contributed by atoms with Gasteiger partial charge < -0.3 is 10.1 Å². The van der Waals surface area contributed by atoms with Crippen molar-refractivity contribution in [2.75, 3.05) is 6.54 Å². The van der Waals surface area contributed by atoms with Crippen LogP contribution < -0.4 is 10.1 Å². The highest BCUT2D eigenvalue weighted by Gasteiger charge is 2.48. The van der Waals surface area contributed by atoms with E-state index >= 15 is 0 Å². The lowest BCUT2D eigenvalue weighted by Gasteiger charge is -2.41. The Labute approximate surface area is 144 Å². The zero-order valence-electron chi connectivity index (χ0n) is 14.6. The lowest BCUT2D eigenvalue weighted by molar-refractivity contribution is 0.0489. The van der Waals surface area contributed by atoms with Crippen LogP contribution in [0.1, 0.15) is 49.2 Å². The maximum Gasteiger partial charge on any atom is 0.190 e. The van der Waals surface area contributed by atoms with Crippen LogP contribution in [0.4, 0.5) is 0 Å². The van der Waals surface area contributed by atoms with Crippen LogP contribution in [0.2, 0.25) is 0 Å². The van der Waals surface area contributed by atoms with Crippen molar-refractivity contribution in [2.24, 2.45) is 5.92 Å². The van der Waals surface area contributed by atoms with Gasteiger partial charge >= 0.3 is 0 Å². The number of hydrogen-bond donors (Lipinski definition) is 1. The van der Waals surface area contributed by atoms with E-state index in [4.69, 9.17) is 4.74 Å². The second kappa shape index (κ2) is 6.78. The average molecular weight is 323 g/mol. The Morgan fingerprint density at radius 3 is 2.46 bits per heavy atom. The Morgan fingerprint density at radius 2 is 1.75 bits per heavy atom. The molecule has 3 heteroatoms. The molecule has 2 aromatic carbocycles. The second-order valence-corrected chi connectivity index (χ2v) is 7.05. The molecule has 1 heterocycles. The first-order valence-electron chi connectivity index (χ1n) is 8.63. The number of Topliss-reactive ketones (excluding diaryl/α,β-unsaturated/α-hetero) is 1. The Bertz CT molecular complexity index is 711. The molecular formula is C21H25NO2. The Hall–Kier alpha value is -2.13. The van der Waals surface area contributed by atoms with E-state index in [1.807, 2.05) is 61.5 Å². The fourth-order valence-electron chi connectivity index (χ4n) is 3.22. The third-order valence-corrected chi connectivity index (χ3v) is 4.69. The van der Waals surface area contributed by atoms with Crippen LogP contribution in [0.25, 0.3) is 0 Å². The molecule has 3 rings (SSSR count). The van der Waals surface area contributed by atoms with Gasteiger partial charge in [0.15, 0.2) is 5.78 Å². The van der Waals surface area contributed by atoms with Crippen LogP contribution in [0.3, 0.4) is 0 Å². The molecule has 3 nitrogen and oxygen atoms in total. The molecule has 0 bridgehead atoms. The van der Waals surface area contributed by atoms with Gasteiger partial charge in [0, 0.05) is 0 Å². The van der Waals surface area contributed by atoms with Crippen molar-refractivity contribution in [3.63, 3.8) is 0 Å². The standard InChI is InChI=1S/C21H25NO2/c1-15(2)13-14-22-21(3)19(23)17-11-7-8-12-18(17)24-20(21)16-9-5-4-6-10-16/h4-12,15,20,22H,13-14H2,1-3H3/t20-,21-/m1/s1. The SMILES string of the molecule is CC(C)CCN[C@]1(C)C(=O)c2ccccc2O[C@@H]1c1ccccc1. The highest BCUT2D eigenvalue weighted by atomic mass is 16.5. The summed E-state index contributed by atoms with van der Waals surface area (Å²) in [6.45, 7) is 7.12. The summed E-state index contributed by atoms with van der Waals surface area (Å²) in [4.78, 5) is 13.3. The van der Waals surface area contributed by atoms with E-state index in [-0.39, 0.29) is 11.9 Å². The summed E-state index contributed by atoms with van der Waals surface area (Å²) in [7, 11) is 0. The predicted molar refractivity (Wildman–Crippen MR) is 96.4 cm³/mol. The van der Waals surface area contributed by atoms with E-state index in [2.05, 4.69) is 19.2 Å². The van der Waals surface area contributed by atoms with Crippen molar-refractivity contribution < 1.29 is 9.53 Å². The molecule has 0 radical (unpaired) electrons. The van der Waals surface area contributed by atoms with Crippen molar-refractivity contribution in [3.8, 4) is 5.75 Å². The number of hydrogen-bond acceptors (Lipinski definition) is 3. The van der Waals surface area contributed by atoms with Gasteiger partial charge in [-0.05, 0) is 43.5 Å². The largest absolute Gasteiger partial charge is 0.483 e. The van der Waals surface area contributed by atoms with Gasteiger partial charge in [-0.3, -0.25) is 4.79 Å². The van der Waals surface area contributed by atoms with E-state index in [1.54, 1.807) is 0 Å². The number of benzene rings is 2. The normalized spacial score (nSPS) is 23.0. The zero-order valence-corrected chi connectivity index (χ0v) is 14.6. The summed E-state index contributed by atoms with van der Waals surface area (Å²) in [6.07, 6.45) is 0.680. The molecule has 1 N–H and O–H groups in total.